The fourth-order valence-corrected chi connectivity index (χ4v) is 2.88. The molecule has 0 radical (unpaired) electrons. The molecular weight excluding hydrogens is 292 g/mol. The Morgan fingerprint density at radius 3 is 2.72 bits per heavy atom. The number of amides is 1. The van der Waals surface area contributed by atoms with E-state index in [1.165, 1.54) is 5.56 Å². The molecule has 4 heteroatoms. The molecule has 2 rings (SSSR count). The number of likely N-dealkylation sites (tertiary alicyclic amines) is 1. The quantitative estimate of drug-likeness (QED) is 0.927. The lowest BCUT2D eigenvalue weighted by Crippen LogP contribution is -2.37. The molecule has 1 fully saturated rings. The standard InChI is InChI=1S/C14H19BrN2O/c1-11(12-6-2-3-7-13(12)15)16-10-14(18)17-8-4-5-9-17/h2-3,6-7,11,16H,4-5,8-10H2,1H3/t11-/m0/s1. The number of hydrogen-bond acceptors (Lipinski definition) is 2. The first-order valence-corrected chi connectivity index (χ1v) is 7.23. The lowest BCUT2D eigenvalue weighted by molar-refractivity contribution is -0.129. The predicted molar refractivity (Wildman–Crippen MR) is 76.4 cm³/mol. The van der Waals surface area contributed by atoms with E-state index < -0.39 is 0 Å². The van der Waals surface area contributed by atoms with Gasteiger partial charge in [0, 0.05) is 23.6 Å². The largest absolute Gasteiger partial charge is 0.342 e. The van der Waals surface area contributed by atoms with Gasteiger partial charge in [-0.3, -0.25) is 4.79 Å². The van der Waals surface area contributed by atoms with Gasteiger partial charge in [0.2, 0.25) is 5.91 Å². The normalized spacial score (nSPS) is 16.9. The smallest absolute Gasteiger partial charge is 0.236 e. The Balaban J connectivity index is 1.86. The topological polar surface area (TPSA) is 32.3 Å². The molecule has 98 valence electrons. The molecule has 1 aliphatic rings. The summed E-state index contributed by atoms with van der Waals surface area (Å²) in [6.07, 6.45) is 2.29. The van der Waals surface area contributed by atoms with Crippen molar-refractivity contribution in [1.82, 2.24) is 10.2 Å². The van der Waals surface area contributed by atoms with Gasteiger partial charge in [-0.15, -0.1) is 0 Å². The molecule has 1 N–H and O–H groups in total. The van der Waals surface area contributed by atoms with Gasteiger partial charge < -0.3 is 10.2 Å². The van der Waals surface area contributed by atoms with Gasteiger partial charge in [-0.2, -0.15) is 0 Å². The predicted octanol–water partition coefficient (Wildman–Crippen LogP) is 2.72. The van der Waals surface area contributed by atoms with Crippen molar-refractivity contribution in [3.8, 4) is 0 Å². The van der Waals surface area contributed by atoms with Crippen molar-refractivity contribution in [1.29, 1.82) is 0 Å². The van der Waals surface area contributed by atoms with Gasteiger partial charge in [0.25, 0.3) is 0 Å². The molecule has 0 unspecified atom stereocenters. The highest BCUT2D eigenvalue weighted by Gasteiger charge is 2.18. The summed E-state index contributed by atoms with van der Waals surface area (Å²) in [5.74, 6) is 0.214. The summed E-state index contributed by atoms with van der Waals surface area (Å²) in [5.41, 5.74) is 1.19. The second-order valence-electron chi connectivity index (χ2n) is 4.71. The molecule has 0 spiro atoms. The SMILES string of the molecule is C[C@H](NCC(=O)N1CCCC1)c1ccccc1Br. The molecule has 1 aromatic carbocycles. The molecule has 0 aliphatic carbocycles. The highest BCUT2D eigenvalue weighted by Crippen LogP contribution is 2.22. The summed E-state index contributed by atoms with van der Waals surface area (Å²) in [6, 6.07) is 8.28. The van der Waals surface area contributed by atoms with Gasteiger partial charge in [-0.05, 0) is 31.4 Å². The third-order valence-electron chi connectivity index (χ3n) is 3.39. The van der Waals surface area contributed by atoms with Crippen LogP contribution in [0.1, 0.15) is 31.4 Å². The van der Waals surface area contributed by atoms with Gasteiger partial charge in [-0.1, -0.05) is 34.1 Å². The van der Waals surface area contributed by atoms with E-state index in [2.05, 4.69) is 34.2 Å². The van der Waals surface area contributed by atoms with Gasteiger partial charge >= 0.3 is 0 Å². The minimum Gasteiger partial charge on any atom is -0.342 e. The highest BCUT2D eigenvalue weighted by molar-refractivity contribution is 9.10. The van der Waals surface area contributed by atoms with Crippen molar-refractivity contribution in [3.63, 3.8) is 0 Å². The molecular formula is C14H19BrN2O. The van der Waals surface area contributed by atoms with E-state index in [9.17, 15) is 4.79 Å². The summed E-state index contributed by atoms with van der Waals surface area (Å²) in [7, 11) is 0. The van der Waals surface area contributed by atoms with Crippen molar-refractivity contribution >= 4 is 21.8 Å². The molecule has 0 bridgehead atoms. The zero-order valence-corrected chi connectivity index (χ0v) is 12.2. The summed E-state index contributed by atoms with van der Waals surface area (Å²) in [5, 5.41) is 3.30. The van der Waals surface area contributed by atoms with Gasteiger partial charge in [-0.25, -0.2) is 0 Å². The van der Waals surface area contributed by atoms with Gasteiger partial charge in [0.05, 0.1) is 6.54 Å². The fraction of sp³-hybridized carbons (Fsp3) is 0.500. The molecule has 0 saturated carbocycles. The Hall–Kier alpha value is -0.870. The zero-order chi connectivity index (χ0) is 13.0. The Bertz CT molecular complexity index is 416. The van der Waals surface area contributed by atoms with E-state index in [0.717, 1.165) is 30.4 Å². The molecule has 1 heterocycles. The number of halogens is 1. The second-order valence-corrected chi connectivity index (χ2v) is 5.57. The molecule has 1 aromatic rings. The van der Waals surface area contributed by atoms with Crippen molar-refractivity contribution in [2.24, 2.45) is 0 Å². The maximum atomic E-state index is 11.9. The van der Waals surface area contributed by atoms with Crippen molar-refractivity contribution in [3.05, 3.63) is 34.3 Å². The molecule has 1 saturated heterocycles. The summed E-state index contributed by atoms with van der Waals surface area (Å²) >= 11 is 3.53. The van der Waals surface area contributed by atoms with Crippen LogP contribution in [0.5, 0.6) is 0 Å². The molecule has 1 atom stereocenters. The van der Waals surface area contributed by atoms with E-state index in [1.54, 1.807) is 0 Å². The van der Waals surface area contributed by atoms with Crippen LogP contribution in [0.25, 0.3) is 0 Å². The first-order chi connectivity index (χ1) is 8.68. The minimum atomic E-state index is 0.173. The number of nitrogens with one attached hydrogen (secondary N) is 1. The highest BCUT2D eigenvalue weighted by atomic mass is 79.9. The van der Waals surface area contributed by atoms with E-state index in [4.69, 9.17) is 0 Å². The lowest BCUT2D eigenvalue weighted by Gasteiger charge is -2.19. The van der Waals surface area contributed by atoms with Gasteiger partial charge in [0.1, 0.15) is 0 Å². The molecule has 0 aromatic heterocycles. The maximum absolute atomic E-state index is 11.9. The number of hydrogen-bond donors (Lipinski definition) is 1. The second kappa shape index (κ2) is 6.34. The van der Waals surface area contributed by atoms with Crippen LogP contribution in [-0.2, 0) is 4.79 Å². The Labute approximate surface area is 117 Å². The minimum absolute atomic E-state index is 0.173. The van der Waals surface area contributed by atoms with E-state index in [0.29, 0.717) is 6.54 Å². The van der Waals surface area contributed by atoms with Crippen LogP contribution in [0, 0.1) is 0 Å². The Morgan fingerprint density at radius 2 is 2.06 bits per heavy atom. The number of rotatable bonds is 4. The van der Waals surface area contributed by atoms with E-state index in [-0.39, 0.29) is 11.9 Å². The van der Waals surface area contributed by atoms with Crippen LogP contribution in [0.4, 0.5) is 0 Å². The van der Waals surface area contributed by atoms with Crippen molar-refractivity contribution in [2.75, 3.05) is 19.6 Å². The molecule has 3 nitrogen and oxygen atoms in total. The lowest BCUT2D eigenvalue weighted by atomic mass is 10.1. The fourth-order valence-electron chi connectivity index (χ4n) is 2.25. The van der Waals surface area contributed by atoms with Crippen LogP contribution in [-0.4, -0.2) is 30.4 Å². The van der Waals surface area contributed by atoms with E-state index >= 15 is 0 Å². The van der Waals surface area contributed by atoms with Crippen LogP contribution < -0.4 is 5.32 Å². The first kappa shape index (κ1) is 13.6. The number of carbonyl (C=O) groups is 1. The molecule has 18 heavy (non-hydrogen) atoms. The van der Waals surface area contributed by atoms with Crippen LogP contribution in [0.15, 0.2) is 28.7 Å². The third kappa shape index (κ3) is 3.33. The average Bonchev–Trinajstić information content (AvgIpc) is 2.90. The van der Waals surface area contributed by atoms with Crippen LogP contribution >= 0.6 is 15.9 Å². The zero-order valence-electron chi connectivity index (χ0n) is 10.7. The number of carbonyl (C=O) groups excluding carboxylic acids is 1. The monoisotopic (exact) mass is 310 g/mol. The first-order valence-electron chi connectivity index (χ1n) is 6.44. The third-order valence-corrected chi connectivity index (χ3v) is 4.11. The Kier molecular flexibility index (Phi) is 4.78. The summed E-state index contributed by atoms with van der Waals surface area (Å²) in [6.45, 7) is 4.34. The van der Waals surface area contributed by atoms with E-state index in [1.807, 2.05) is 23.1 Å². The van der Waals surface area contributed by atoms with Crippen LogP contribution in [0.2, 0.25) is 0 Å². The van der Waals surface area contributed by atoms with Crippen LogP contribution in [0.3, 0.4) is 0 Å². The summed E-state index contributed by atoms with van der Waals surface area (Å²) < 4.78 is 1.08. The maximum Gasteiger partial charge on any atom is 0.236 e. The Morgan fingerprint density at radius 1 is 1.39 bits per heavy atom. The average molecular weight is 311 g/mol. The van der Waals surface area contributed by atoms with Crippen molar-refractivity contribution in [2.45, 2.75) is 25.8 Å². The number of nitrogens with zero attached hydrogens (tertiary/aromatic N) is 1. The molecule has 1 amide bonds. The van der Waals surface area contributed by atoms with Crippen molar-refractivity contribution < 1.29 is 4.79 Å². The number of benzene rings is 1. The summed E-state index contributed by atoms with van der Waals surface area (Å²) in [4.78, 5) is 13.9. The molecule has 1 aliphatic heterocycles. The van der Waals surface area contributed by atoms with Gasteiger partial charge in [0.15, 0.2) is 0 Å².